The molecule has 1 aliphatic rings. The molecule has 0 aromatic heterocycles. The Labute approximate surface area is 149 Å². The highest BCUT2D eigenvalue weighted by Gasteiger charge is 2.49. The minimum atomic E-state index is -1.58. The fraction of sp³-hybridized carbons (Fsp3) is 0.667. The van der Waals surface area contributed by atoms with Gasteiger partial charge in [0.05, 0.1) is 14.2 Å². The number of hydrogen-bond acceptors (Lipinski definition) is 2. The summed E-state index contributed by atoms with van der Waals surface area (Å²) in [5.74, 6) is 0.896. The molecule has 0 bridgehead atoms. The predicted octanol–water partition coefficient (Wildman–Crippen LogP) is 4.79. The second-order valence-electron chi connectivity index (χ2n) is 7.95. The zero-order valence-corrected chi connectivity index (χ0v) is 17.1. The van der Waals surface area contributed by atoms with E-state index in [0.717, 1.165) is 19.3 Å². The van der Waals surface area contributed by atoms with Gasteiger partial charge in [-0.1, -0.05) is 62.5 Å². The summed E-state index contributed by atoms with van der Waals surface area (Å²) in [4.78, 5) is 13.0. The Hall–Kier alpha value is -0.933. The summed E-state index contributed by atoms with van der Waals surface area (Å²) in [6, 6.07) is 12.1. The van der Waals surface area contributed by atoms with Crippen LogP contribution in [-0.2, 0) is 9.53 Å². The van der Waals surface area contributed by atoms with E-state index in [0.29, 0.717) is 24.7 Å². The van der Waals surface area contributed by atoms with Gasteiger partial charge in [-0.2, -0.15) is 0 Å². The van der Waals surface area contributed by atoms with Crippen molar-refractivity contribution in [3.8, 4) is 0 Å². The van der Waals surface area contributed by atoms with Gasteiger partial charge in [-0.15, -0.1) is 0 Å². The number of ether oxygens (including phenoxy) is 1. The lowest BCUT2D eigenvalue weighted by atomic mass is 9.62. The molecule has 0 amide bonds. The van der Waals surface area contributed by atoms with Crippen LogP contribution in [0.3, 0.4) is 0 Å². The van der Waals surface area contributed by atoms with Gasteiger partial charge in [0.2, 0.25) is 0 Å². The molecule has 2 rings (SSSR count). The lowest BCUT2D eigenvalue weighted by Gasteiger charge is -2.47. The number of ketones is 1. The van der Waals surface area contributed by atoms with E-state index >= 15 is 0 Å². The van der Waals surface area contributed by atoms with Crippen molar-refractivity contribution in [1.29, 1.82) is 0 Å². The van der Waals surface area contributed by atoms with Gasteiger partial charge in [-0.25, -0.2) is 0 Å². The number of carbonyl (C=O) groups excluding carboxylic acids is 1. The van der Waals surface area contributed by atoms with Gasteiger partial charge in [0.1, 0.15) is 5.78 Å². The van der Waals surface area contributed by atoms with E-state index in [4.69, 9.17) is 4.74 Å². The van der Waals surface area contributed by atoms with Crippen LogP contribution in [-0.4, -0.2) is 26.6 Å². The average molecular weight is 347 g/mol. The van der Waals surface area contributed by atoms with Crippen molar-refractivity contribution in [2.75, 3.05) is 6.61 Å². The van der Waals surface area contributed by atoms with E-state index in [2.05, 4.69) is 57.3 Å². The molecule has 0 spiro atoms. The van der Waals surface area contributed by atoms with Crippen LogP contribution < -0.4 is 5.19 Å². The Kier molecular flexibility index (Phi) is 6.44. The van der Waals surface area contributed by atoms with Crippen molar-refractivity contribution < 1.29 is 9.53 Å². The number of rotatable bonds is 7. The summed E-state index contributed by atoms with van der Waals surface area (Å²) in [7, 11) is -1.58. The monoisotopic (exact) mass is 346 g/mol. The first-order valence-electron chi connectivity index (χ1n) is 9.60. The predicted molar refractivity (Wildman–Crippen MR) is 105 cm³/mol. The molecule has 0 aliphatic heterocycles. The molecule has 1 fully saturated rings. The van der Waals surface area contributed by atoms with Crippen LogP contribution in [0.2, 0.25) is 19.1 Å². The summed E-state index contributed by atoms with van der Waals surface area (Å²) in [5, 5.41) is 1.50. The summed E-state index contributed by atoms with van der Waals surface area (Å²) in [5.41, 5.74) is -0.132. The zero-order chi connectivity index (χ0) is 17.8. The minimum Gasteiger partial charge on any atom is -0.378 e. The van der Waals surface area contributed by atoms with E-state index < -0.39 is 8.07 Å². The van der Waals surface area contributed by atoms with Gasteiger partial charge in [0.25, 0.3) is 0 Å². The second-order valence-corrected chi connectivity index (χ2v) is 12.7. The van der Waals surface area contributed by atoms with Gasteiger partial charge in [-0.3, -0.25) is 4.79 Å². The van der Waals surface area contributed by atoms with Gasteiger partial charge in [-0.05, 0) is 38.1 Å². The largest absolute Gasteiger partial charge is 0.378 e. The molecule has 0 heterocycles. The molecule has 1 aliphatic carbocycles. The van der Waals surface area contributed by atoms with Crippen molar-refractivity contribution in [2.24, 2.45) is 11.3 Å². The van der Waals surface area contributed by atoms with Gasteiger partial charge in [0.15, 0.2) is 0 Å². The Morgan fingerprint density at radius 3 is 2.29 bits per heavy atom. The number of Topliss-reactive ketones (excluding diaryl/α,β-unsaturated/α-hetero) is 1. The van der Waals surface area contributed by atoms with Crippen LogP contribution >= 0.6 is 0 Å². The summed E-state index contributed by atoms with van der Waals surface area (Å²) >= 11 is 0. The summed E-state index contributed by atoms with van der Waals surface area (Å²) in [6.07, 6.45) is 3.71. The Morgan fingerprint density at radius 2 is 1.75 bits per heavy atom. The first-order valence-corrected chi connectivity index (χ1v) is 12.8. The summed E-state index contributed by atoms with van der Waals surface area (Å²) < 4.78 is 5.88. The highest BCUT2D eigenvalue weighted by Crippen LogP contribution is 2.48. The Balaban J connectivity index is 2.29. The minimum absolute atomic E-state index is 0.124. The topological polar surface area (TPSA) is 26.3 Å². The average Bonchev–Trinajstić information content (AvgIpc) is 2.56. The number of hydrogen-bond donors (Lipinski definition) is 0. The molecule has 0 unspecified atom stereocenters. The lowest BCUT2D eigenvalue weighted by molar-refractivity contribution is -0.142. The second kappa shape index (κ2) is 7.96. The number of carbonyl (C=O) groups is 1. The normalized spacial score (nSPS) is 24.1. The van der Waals surface area contributed by atoms with Crippen LogP contribution in [0.4, 0.5) is 0 Å². The Bertz CT molecular complexity index is 534. The van der Waals surface area contributed by atoms with E-state index in [1.54, 1.807) is 0 Å². The van der Waals surface area contributed by atoms with Crippen LogP contribution in [0.1, 0.15) is 46.5 Å². The summed E-state index contributed by atoms with van der Waals surface area (Å²) in [6.45, 7) is 12.0. The van der Waals surface area contributed by atoms with E-state index in [1.165, 1.54) is 11.2 Å². The zero-order valence-electron chi connectivity index (χ0n) is 16.1. The van der Waals surface area contributed by atoms with Crippen molar-refractivity contribution in [1.82, 2.24) is 0 Å². The molecular weight excluding hydrogens is 312 g/mol. The maximum absolute atomic E-state index is 13.0. The van der Waals surface area contributed by atoms with Crippen molar-refractivity contribution >= 4 is 19.0 Å². The standard InChI is InChI=1S/C21H34O2Si/c1-6-21(7-2)17(14-18(23-8-3)15-20(21)22)16-24(4,5)19-12-10-9-11-13-19/h9-13,17-18H,6-8,14-16H2,1-5H3/t17-,18-/m1/s1. The molecule has 3 heteroatoms. The van der Waals surface area contributed by atoms with Crippen LogP contribution in [0, 0.1) is 11.3 Å². The van der Waals surface area contributed by atoms with Crippen LogP contribution in [0.15, 0.2) is 30.3 Å². The van der Waals surface area contributed by atoms with Crippen LogP contribution in [0.5, 0.6) is 0 Å². The quantitative estimate of drug-likeness (QED) is 0.663. The van der Waals surface area contributed by atoms with E-state index in [-0.39, 0.29) is 11.5 Å². The molecular formula is C21H34O2Si. The SMILES string of the molecule is CCO[C@H]1CC(=O)C(CC)(CC)[C@@H](C[Si](C)(C)c2ccccc2)C1. The fourth-order valence-electron chi connectivity index (χ4n) is 4.75. The fourth-order valence-corrected chi connectivity index (χ4v) is 7.87. The molecule has 1 saturated carbocycles. The molecule has 1 aromatic rings. The lowest BCUT2D eigenvalue weighted by Crippen LogP contribution is -2.51. The maximum Gasteiger partial charge on any atom is 0.141 e. The molecule has 0 saturated heterocycles. The van der Waals surface area contributed by atoms with Crippen molar-refractivity contribution in [3.63, 3.8) is 0 Å². The van der Waals surface area contributed by atoms with Gasteiger partial charge in [0, 0.05) is 18.4 Å². The number of benzene rings is 1. The van der Waals surface area contributed by atoms with Gasteiger partial charge < -0.3 is 4.74 Å². The third-order valence-corrected chi connectivity index (χ3v) is 9.68. The van der Waals surface area contributed by atoms with E-state index in [9.17, 15) is 4.79 Å². The molecule has 1 aromatic carbocycles. The van der Waals surface area contributed by atoms with Gasteiger partial charge >= 0.3 is 0 Å². The highest BCUT2D eigenvalue weighted by molar-refractivity contribution is 6.89. The smallest absolute Gasteiger partial charge is 0.141 e. The molecule has 2 atom stereocenters. The molecule has 0 N–H and O–H groups in total. The third-order valence-electron chi connectivity index (χ3n) is 6.27. The van der Waals surface area contributed by atoms with E-state index in [1.807, 2.05) is 6.92 Å². The molecule has 2 nitrogen and oxygen atoms in total. The first-order chi connectivity index (χ1) is 11.4. The maximum atomic E-state index is 13.0. The Morgan fingerprint density at radius 1 is 1.12 bits per heavy atom. The first kappa shape index (κ1) is 19.4. The molecule has 0 radical (unpaired) electrons. The van der Waals surface area contributed by atoms with Crippen molar-refractivity contribution in [3.05, 3.63) is 30.3 Å². The van der Waals surface area contributed by atoms with Crippen molar-refractivity contribution in [2.45, 2.75) is 71.7 Å². The van der Waals surface area contributed by atoms with Crippen LogP contribution in [0.25, 0.3) is 0 Å². The third kappa shape index (κ3) is 3.83. The molecule has 24 heavy (non-hydrogen) atoms. The molecule has 134 valence electrons. The highest BCUT2D eigenvalue weighted by atomic mass is 28.3.